The molecule has 0 radical (unpaired) electrons. The Labute approximate surface area is 177 Å². The van der Waals surface area contributed by atoms with Gasteiger partial charge in [0.1, 0.15) is 12.1 Å². The van der Waals surface area contributed by atoms with Gasteiger partial charge in [-0.2, -0.15) is 0 Å². The number of morpholine rings is 1. The Morgan fingerprint density at radius 1 is 1.10 bits per heavy atom. The highest BCUT2D eigenvalue weighted by Crippen LogP contribution is 2.33. The van der Waals surface area contributed by atoms with Gasteiger partial charge in [0.2, 0.25) is 0 Å². The maximum Gasteiger partial charge on any atom is 0.161 e. The molecule has 0 spiro atoms. The van der Waals surface area contributed by atoms with Crippen LogP contribution in [0.25, 0.3) is 10.9 Å². The van der Waals surface area contributed by atoms with Crippen molar-refractivity contribution in [1.82, 2.24) is 14.9 Å². The first kappa shape index (κ1) is 20.4. The monoisotopic (exact) mass is 408 g/mol. The quantitative estimate of drug-likeness (QED) is 0.612. The normalized spacial score (nSPS) is 15.7. The Balaban J connectivity index is 1.61. The minimum atomic E-state index is 0.146. The van der Waals surface area contributed by atoms with E-state index in [1.165, 1.54) is 5.56 Å². The van der Waals surface area contributed by atoms with E-state index < -0.39 is 0 Å². The molecule has 1 aromatic heterocycles. The number of fused-ring (bicyclic) bond motifs is 1. The number of hydrogen-bond acceptors (Lipinski definition) is 7. The summed E-state index contributed by atoms with van der Waals surface area (Å²) in [5.74, 6) is 2.36. The summed E-state index contributed by atoms with van der Waals surface area (Å²) in [4.78, 5) is 11.3. The summed E-state index contributed by atoms with van der Waals surface area (Å²) in [6.45, 7) is 6.52. The van der Waals surface area contributed by atoms with Crippen molar-refractivity contribution in [3.8, 4) is 11.5 Å². The fourth-order valence-electron chi connectivity index (χ4n) is 3.85. The lowest BCUT2D eigenvalue weighted by Gasteiger charge is -2.35. The second-order valence-corrected chi connectivity index (χ2v) is 7.13. The van der Waals surface area contributed by atoms with Crippen molar-refractivity contribution in [2.45, 2.75) is 13.0 Å². The van der Waals surface area contributed by atoms with Crippen molar-refractivity contribution >= 4 is 16.7 Å². The molecule has 2 heterocycles. The molecule has 1 N–H and O–H groups in total. The summed E-state index contributed by atoms with van der Waals surface area (Å²) in [5.41, 5.74) is 2.10. The average molecular weight is 409 g/mol. The van der Waals surface area contributed by atoms with Crippen LogP contribution >= 0.6 is 0 Å². The standard InChI is InChI=1S/C23H28N4O3/c1-3-30-21-9-8-17(14-22(21)28-2)20(27-10-12-29-13-11-27)15-24-23-18-6-4-5-7-19(18)25-16-26-23/h4-9,14,16,20H,3,10-13,15H2,1-2H3,(H,24,25,26). The zero-order chi connectivity index (χ0) is 20.8. The predicted molar refractivity (Wildman–Crippen MR) is 117 cm³/mol. The molecule has 0 amide bonds. The Morgan fingerprint density at radius 2 is 1.93 bits per heavy atom. The Kier molecular flexibility index (Phi) is 6.61. The molecule has 1 fully saturated rings. The molecule has 158 valence electrons. The Bertz CT molecular complexity index is 970. The number of ether oxygens (including phenoxy) is 3. The van der Waals surface area contributed by atoms with Gasteiger partial charge in [-0.25, -0.2) is 9.97 Å². The van der Waals surface area contributed by atoms with Gasteiger partial charge in [-0.05, 0) is 36.8 Å². The van der Waals surface area contributed by atoms with E-state index in [-0.39, 0.29) is 6.04 Å². The summed E-state index contributed by atoms with van der Waals surface area (Å²) >= 11 is 0. The molecule has 1 aliphatic rings. The van der Waals surface area contributed by atoms with Crippen LogP contribution in [0.4, 0.5) is 5.82 Å². The van der Waals surface area contributed by atoms with E-state index in [1.54, 1.807) is 13.4 Å². The molecule has 0 bridgehead atoms. The van der Waals surface area contributed by atoms with Crippen molar-refractivity contribution in [1.29, 1.82) is 0 Å². The van der Waals surface area contributed by atoms with Crippen LogP contribution in [0.2, 0.25) is 0 Å². The second kappa shape index (κ2) is 9.73. The second-order valence-electron chi connectivity index (χ2n) is 7.13. The maximum atomic E-state index is 5.69. The third-order valence-electron chi connectivity index (χ3n) is 5.36. The summed E-state index contributed by atoms with van der Waals surface area (Å²) < 4.78 is 16.9. The minimum Gasteiger partial charge on any atom is -0.493 e. The van der Waals surface area contributed by atoms with Crippen LogP contribution in [0, 0.1) is 0 Å². The van der Waals surface area contributed by atoms with Crippen LogP contribution < -0.4 is 14.8 Å². The fourth-order valence-corrected chi connectivity index (χ4v) is 3.85. The maximum absolute atomic E-state index is 5.69. The highest BCUT2D eigenvalue weighted by molar-refractivity contribution is 5.88. The highest BCUT2D eigenvalue weighted by Gasteiger charge is 2.24. The van der Waals surface area contributed by atoms with E-state index in [0.29, 0.717) is 13.2 Å². The summed E-state index contributed by atoms with van der Waals surface area (Å²) in [6.07, 6.45) is 1.61. The molecule has 30 heavy (non-hydrogen) atoms. The molecule has 1 aliphatic heterocycles. The van der Waals surface area contributed by atoms with E-state index in [2.05, 4.69) is 32.3 Å². The molecule has 1 unspecified atom stereocenters. The van der Waals surface area contributed by atoms with Crippen LogP contribution in [0.1, 0.15) is 18.5 Å². The molecule has 7 nitrogen and oxygen atoms in total. The summed E-state index contributed by atoms with van der Waals surface area (Å²) in [5, 5.41) is 4.57. The molecule has 0 saturated carbocycles. The van der Waals surface area contributed by atoms with Gasteiger partial charge < -0.3 is 19.5 Å². The van der Waals surface area contributed by atoms with Crippen molar-refractivity contribution < 1.29 is 14.2 Å². The number of methoxy groups -OCH3 is 1. The van der Waals surface area contributed by atoms with Crippen molar-refractivity contribution in [2.75, 3.05) is 51.9 Å². The van der Waals surface area contributed by atoms with E-state index in [1.807, 2.05) is 37.3 Å². The zero-order valence-corrected chi connectivity index (χ0v) is 17.5. The molecule has 3 aromatic rings. The van der Waals surface area contributed by atoms with Crippen LogP contribution in [-0.2, 0) is 4.74 Å². The van der Waals surface area contributed by atoms with Gasteiger partial charge in [0, 0.05) is 25.0 Å². The number of benzene rings is 2. The number of nitrogens with one attached hydrogen (secondary N) is 1. The molecular weight excluding hydrogens is 380 g/mol. The number of para-hydroxylation sites is 1. The fraction of sp³-hybridized carbons (Fsp3) is 0.391. The molecule has 4 rings (SSSR count). The van der Waals surface area contributed by atoms with E-state index in [4.69, 9.17) is 14.2 Å². The van der Waals surface area contributed by atoms with Gasteiger partial charge in [-0.1, -0.05) is 18.2 Å². The predicted octanol–water partition coefficient (Wildman–Crippen LogP) is 3.52. The molecular formula is C23H28N4O3. The number of rotatable bonds is 8. The molecule has 1 atom stereocenters. The van der Waals surface area contributed by atoms with Crippen molar-refractivity contribution in [2.24, 2.45) is 0 Å². The zero-order valence-electron chi connectivity index (χ0n) is 17.5. The largest absolute Gasteiger partial charge is 0.493 e. The SMILES string of the molecule is CCOc1ccc(C(CNc2ncnc3ccccc23)N2CCOCC2)cc1OC. The number of nitrogens with zero attached hydrogens (tertiary/aromatic N) is 3. The first-order chi connectivity index (χ1) is 14.8. The van der Waals surface area contributed by atoms with Gasteiger partial charge >= 0.3 is 0 Å². The van der Waals surface area contributed by atoms with Crippen LogP contribution in [0.3, 0.4) is 0 Å². The smallest absolute Gasteiger partial charge is 0.161 e. The van der Waals surface area contributed by atoms with Gasteiger partial charge in [0.15, 0.2) is 11.5 Å². The topological polar surface area (TPSA) is 68.7 Å². The van der Waals surface area contributed by atoms with Gasteiger partial charge in [0.05, 0.1) is 38.5 Å². The van der Waals surface area contributed by atoms with E-state index in [0.717, 1.165) is 54.5 Å². The third-order valence-corrected chi connectivity index (χ3v) is 5.36. The number of anilines is 1. The molecule has 7 heteroatoms. The number of aromatic nitrogens is 2. The first-order valence-corrected chi connectivity index (χ1v) is 10.4. The van der Waals surface area contributed by atoms with Gasteiger partial charge in [0.25, 0.3) is 0 Å². The van der Waals surface area contributed by atoms with Crippen molar-refractivity contribution in [3.63, 3.8) is 0 Å². The van der Waals surface area contributed by atoms with E-state index >= 15 is 0 Å². The lowest BCUT2D eigenvalue weighted by molar-refractivity contribution is 0.0186. The molecule has 0 aliphatic carbocycles. The van der Waals surface area contributed by atoms with Gasteiger partial charge in [-0.3, -0.25) is 4.90 Å². The first-order valence-electron chi connectivity index (χ1n) is 10.4. The molecule has 1 saturated heterocycles. The third kappa shape index (κ3) is 4.47. The Morgan fingerprint density at radius 3 is 2.73 bits per heavy atom. The van der Waals surface area contributed by atoms with Crippen LogP contribution in [0.15, 0.2) is 48.8 Å². The van der Waals surface area contributed by atoms with Gasteiger partial charge in [-0.15, -0.1) is 0 Å². The van der Waals surface area contributed by atoms with Crippen LogP contribution in [-0.4, -0.2) is 61.4 Å². The lowest BCUT2D eigenvalue weighted by Crippen LogP contribution is -2.41. The van der Waals surface area contributed by atoms with Crippen LogP contribution in [0.5, 0.6) is 11.5 Å². The Hall–Kier alpha value is -2.90. The number of hydrogen-bond donors (Lipinski definition) is 1. The lowest BCUT2D eigenvalue weighted by atomic mass is 10.0. The summed E-state index contributed by atoms with van der Waals surface area (Å²) in [6, 6.07) is 14.4. The van der Waals surface area contributed by atoms with Crippen molar-refractivity contribution in [3.05, 3.63) is 54.4 Å². The van der Waals surface area contributed by atoms with E-state index in [9.17, 15) is 0 Å². The molecule has 2 aromatic carbocycles. The highest BCUT2D eigenvalue weighted by atomic mass is 16.5. The minimum absolute atomic E-state index is 0.146. The average Bonchev–Trinajstić information content (AvgIpc) is 2.81. The summed E-state index contributed by atoms with van der Waals surface area (Å²) in [7, 11) is 1.68.